The van der Waals surface area contributed by atoms with Crippen molar-refractivity contribution < 1.29 is 19.1 Å². The number of para-hydroxylation sites is 2. The number of nitrogens with one attached hydrogen (secondary N) is 1. The average molecular weight is 389 g/mol. The Bertz CT molecular complexity index is 810. The van der Waals surface area contributed by atoms with Crippen molar-refractivity contribution in [3.8, 4) is 11.5 Å². The van der Waals surface area contributed by atoms with Gasteiger partial charge in [-0.3, -0.25) is 9.59 Å². The fraction of sp³-hybridized carbons (Fsp3) is 0.300. The molecule has 0 radical (unpaired) electrons. The van der Waals surface area contributed by atoms with E-state index in [0.717, 1.165) is 0 Å². The summed E-state index contributed by atoms with van der Waals surface area (Å²) in [5.41, 5.74) is 0.686. The summed E-state index contributed by atoms with van der Waals surface area (Å²) in [6.45, 7) is 1.04. The summed E-state index contributed by atoms with van der Waals surface area (Å²) in [7, 11) is 1.56. The highest BCUT2D eigenvalue weighted by Crippen LogP contribution is 2.32. The Hall–Kier alpha value is -2.73. The summed E-state index contributed by atoms with van der Waals surface area (Å²) in [6.07, 6.45) is 0.182. The molecule has 2 amide bonds. The minimum Gasteiger partial charge on any atom is -0.495 e. The predicted molar refractivity (Wildman–Crippen MR) is 103 cm³/mol. The third-order valence-electron chi connectivity index (χ3n) is 4.36. The number of carbonyl (C=O) groups excluding carboxylic acids is 2. The molecule has 142 valence electrons. The number of hydrogen-bond donors (Lipinski definition) is 1. The number of nitrogens with zero attached hydrogens (tertiary/aromatic N) is 1. The highest BCUT2D eigenvalue weighted by Gasteiger charge is 2.36. The molecule has 1 unspecified atom stereocenters. The summed E-state index contributed by atoms with van der Waals surface area (Å²) in [6, 6.07) is 14.3. The van der Waals surface area contributed by atoms with Crippen molar-refractivity contribution in [2.24, 2.45) is 5.92 Å². The molecular formula is C20H21ClN2O4. The van der Waals surface area contributed by atoms with Crippen LogP contribution in [0.3, 0.4) is 0 Å². The number of rotatable bonds is 7. The fourth-order valence-corrected chi connectivity index (χ4v) is 3.11. The van der Waals surface area contributed by atoms with E-state index < -0.39 is 5.92 Å². The first kappa shape index (κ1) is 19.0. The molecule has 1 saturated heterocycles. The molecule has 1 atom stereocenters. The zero-order valence-corrected chi connectivity index (χ0v) is 15.7. The van der Waals surface area contributed by atoms with Crippen LogP contribution < -0.4 is 19.7 Å². The van der Waals surface area contributed by atoms with E-state index in [1.54, 1.807) is 42.3 Å². The van der Waals surface area contributed by atoms with Crippen LogP contribution >= 0.6 is 11.6 Å². The van der Waals surface area contributed by atoms with Crippen LogP contribution in [-0.2, 0) is 9.59 Å². The molecule has 2 aromatic rings. The topological polar surface area (TPSA) is 67.9 Å². The molecule has 0 aliphatic carbocycles. The Kier molecular flexibility index (Phi) is 6.19. The van der Waals surface area contributed by atoms with Crippen LogP contribution in [0.2, 0.25) is 5.02 Å². The number of benzene rings is 2. The van der Waals surface area contributed by atoms with E-state index in [1.807, 2.05) is 18.2 Å². The molecule has 1 N–H and O–H groups in total. The minimum absolute atomic E-state index is 0.0861. The number of ether oxygens (including phenoxy) is 2. The van der Waals surface area contributed by atoms with E-state index in [1.165, 1.54) is 0 Å². The molecular weight excluding hydrogens is 368 g/mol. The maximum Gasteiger partial charge on any atom is 0.227 e. The van der Waals surface area contributed by atoms with Gasteiger partial charge >= 0.3 is 0 Å². The van der Waals surface area contributed by atoms with E-state index >= 15 is 0 Å². The van der Waals surface area contributed by atoms with Gasteiger partial charge in [0, 0.05) is 18.0 Å². The molecule has 2 aromatic carbocycles. The fourth-order valence-electron chi connectivity index (χ4n) is 2.99. The predicted octanol–water partition coefficient (Wildman–Crippen LogP) is 2.90. The number of anilines is 1. The zero-order chi connectivity index (χ0) is 19.2. The van der Waals surface area contributed by atoms with Gasteiger partial charge in [-0.1, -0.05) is 23.7 Å². The zero-order valence-electron chi connectivity index (χ0n) is 15.0. The van der Waals surface area contributed by atoms with Gasteiger partial charge in [0.15, 0.2) is 0 Å². The first-order valence-corrected chi connectivity index (χ1v) is 9.05. The SMILES string of the molecule is COc1ccccc1N1CC(C(=O)NCCOc2ccc(Cl)cc2)CC1=O. The number of carbonyl (C=O) groups is 2. The molecule has 3 rings (SSSR count). The van der Waals surface area contributed by atoms with Crippen molar-refractivity contribution in [1.82, 2.24) is 5.32 Å². The van der Waals surface area contributed by atoms with Gasteiger partial charge in [-0.2, -0.15) is 0 Å². The highest BCUT2D eigenvalue weighted by atomic mass is 35.5. The van der Waals surface area contributed by atoms with Gasteiger partial charge < -0.3 is 19.7 Å². The molecule has 1 aliphatic heterocycles. The van der Waals surface area contributed by atoms with Crippen molar-refractivity contribution >= 4 is 29.1 Å². The molecule has 0 aromatic heterocycles. The van der Waals surface area contributed by atoms with Crippen LogP contribution in [0.4, 0.5) is 5.69 Å². The molecule has 7 heteroatoms. The molecule has 27 heavy (non-hydrogen) atoms. The lowest BCUT2D eigenvalue weighted by Crippen LogP contribution is -2.35. The molecule has 0 saturated carbocycles. The Labute approximate surface area is 163 Å². The van der Waals surface area contributed by atoms with Gasteiger partial charge in [-0.15, -0.1) is 0 Å². The largest absolute Gasteiger partial charge is 0.495 e. The van der Waals surface area contributed by atoms with Crippen LogP contribution in [0.1, 0.15) is 6.42 Å². The first-order chi connectivity index (χ1) is 13.1. The molecule has 6 nitrogen and oxygen atoms in total. The Balaban J connectivity index is 1.49. The summed E-state index contributed by atoms with van der Waals surface area (Å²) < 4.78 is 10.9. The van der Waals surface area contributed by atoms with Gasteiger partial charge in [0.05, 0.1) is 25.3 Å². The molecule has 0 spiro atoms. The van der Waals surface area contributed by atoms with Crippen LogP contribution in [-0.4, -0.2) is 38.6 Å². The lowest BCUT2D eigenvalue weighted by atomic mass is 10.1. The number of methoxy groups -OCH3 is 1. The number of hydrogen-bond acceptors (Lipinski definition) is 4. The van der Waals surface area contributed by atoms with Gasteiger partial charge in [0.2, 0.25) is 11.8 Å². The molecule has 0 bridgehead atoms. The second-order valence-electron chi connectivity index (χ2n) is 6.17. The van der Waals surface area contributed by atoms with E-state index in [0.29, 0.717) is 41.9 Å². The van der Waals surface area contributed by atoms with Crippen molar-refractivity contribution in [1.29, 1.82) is 0 Å². The summed E-state index contributed by atoms with van der Waals surface area (Å²) >= 11 is 5.82. The van der Waals surface area contributed by atoms with E-state index in [-0.39, 0.29) is 18.2 Å². The molecule has 1 fully saturated rings. The second-order valence-corrected chi connectivity index (χ2v) is 6.61. The third-order valence-corrected chi connectivity index (χ3v) is 4.61. The minimum atomic E-state index is -0.391. The van der Waals surface area contributed by atoms with Crippen LogP contribution in [0, 0.1) is 5.92 Å². The van der Waals surface area contributed by atoms with E-state index in [9.17, 15) is 9.59 Å². The summed E-state index contributed by atoms with van der Waals surface area (Å²) in [5, 5.41) is 3.47. The van der Waals surface area contributed by atoms with E-state index in [4.69, 9.17) is 21.1 Å². The van der Waals surface area contributed by atoms with Gasteiger partial charge in [0.25, 0.3) is 0 Å². The van der Waals surface area contributed by atoms with Crippen LogP contribution in [0.5, 0.6) is 11.5 Å². The standard InChI is InChI=1S/C20H21ClN2O4/c1-26-18-5-3-2-4-17(18)23-13-14(12-19(23)24)20(25)22-10-11-27-16-8-6-15(21)7-9-16/h2-9,14H,10-13H2,1H3,(H,22,25). The van der Waals surface area contributed by atoms with Gasteiger partial charge in [-0.05, 0) is 36.4 Å². The Morgan fingerprint density at radius 3 is 2.70 bits per heavy atom. The van der Waals surface area contributed by atoms with E-state index in [2.05, 4.69) is 5.32 Å². The van der Waals surface area contributed by atoms with Gasteiger partial charge in [0.1, 0.15) is 18.1 Å². The molecule has 1 heterocycles. The average Bonchev–Trinajstić information content (AvgIpc) is 3.08. The third kappa shape index (κ3) is 4.71. The second kappa shape index (κ2) is 8.77. The van der Waals surface area contributed by atoms with Crippen molar-refractivity contribution in [3.05, 3.63) is 53.6 Å². The van der Waals surface area contributed by atoms with Crippen molar-refractivity contribution in [2.75, 3.05) is 31.7 Å². The van der Waals surface area contributed by atoms with Gasteiger partial charge in [-0.25, -0.2) is 0 Å². The number of amides is 2. The highest BCUT2D eigenvalue weighted by molar-refractivity contribution is 6.30. The normalized spacial score (nSPS) is 16.3. The van der Waals surface area contributed by atoms with Crippen molar-refractivity contribution in [2.45, 2.75) is 6.42 Å². The Morgan fingerprint density at radius 2 is 1.96 bits per heavy atom. The molecule has 1 aliphatic rings. The summed E-state index contributed by atoms with van der Waals surface area (Å²) in [5.74, 6) is 0.672. The van der Waals surface area contributed by atoms with Crippen molar-refractivity contribution in [3.63, 3.8) is 0 Å². The smallest absolute Gasteiger partial charge is 0.227 e. The van der Waals surface area contributed by atoms with Crippen LogP contribution in [0.15, 0.2) is 48.5 Å². The maximum absolute atomic E-state index is 12.4. The number of halogens is 1. The maximum atomic E-state index is 12.4. The van der Waals surface area contributed by atoms with Crippen LogP contribution in [0.25, 0.3) is 0 Å². The quantitative estimate of drug-likeness (QED) is 0.740. The first-order valence-electron chi connectivity index (χ1n) is 8.68. The lowest BCUT2D eigenvalue weighted by Gasteiger charge is -2.19. The lowest BCUT2D eigenvalue weighted by molar-refractivity contribution is -0.126. The Morgan fingerprint density at radius 1 is 1.22 bits per heavy atom. The summed E-state index contributed by atoms with van der Waals surface area (Å²) in [4.78, 5) is 26.3. The monoisotopic (exact) mass is 388 g/mol.